The van der Waals surface area contributed by atoms with Crippen LogP contribution in [0.1, 0.15) is 11.4 Å². The summed E-state index contributed by atoms with van der Waals surface area (Å²) in [5, 5.41) is 1.69. The molecule has 0 atom stereocenters. The van der Waals surface area contributed by atoms with Crippen molar-refractivity contribution >= 4 is 43.4 Å². The summed E-state index contributed by atoms with van der Waals surface area (Å²) in [7, 11) is 1.82. The lowest BCUT2D eigenvalue weighted by Gasteiger charge is -2.14. The molecule has 90 valence electrons. The second-order valence-corrected chi connectivity index (χ2v) is 5.67. The average Bonchev–Trinajstić information content (AvgIpc) is 2.71. The fourth-order valence-electron chi connectivity index (χ4n) is 1.55. The zero-order valence-electron chi connectivity index (χ0n) is 9.52. The molecule has 0 fully saturated rings. The van der Waals surface area contributed by atoms with Gasteiger partial charge in [-0.2, -0.15) is 0 Å². The normalized spacial score (nSPS) is 10.7. The maximum Gasteiger partial charge on any atom is 0.223 e. The van der Waals surface area contributed by atoms with E-state index in [-0.39, 0.29) is 5.91 Å². The van der Waals surface area contributed by atoms with Crippen LogP contribution in [0.5, 0.6) is 0 Å². The SMILES string of the molecule is CN(Cc1nc2ccccc2s1)C(=O)CCBr. The lowest BCUT2D eigenvalue weighted by molar-refractivity contribution is -0.129. The molecule has 0 saturated heterocycles. The molecule has 0 aliphatic carbocycles. The number of hydrogen-bond donors (Lipinski definition) is 0. The van der Waals surface area contributed by atoms with Crippen molar-refractivity contribution in [2.75, 3.05) is 12.4 Å². The van der Waals surface area contributed by atoms with Crippen LogP contribution in [0.4, 0.5) is 0 Å². The van der Waals surface area contributed by atoms with E-state index in [0.29, 0.717) is 18.3 Å². The predicted molar refractivity (Wildman–Crippen MR) is 74.5 cm³/mol. The first-order valence-electron chi connectivity index (χ1n) is 5.35. The third-order valence-electron chi connectivity index (χ3n) is 2.44. The largest absolute Gasteiger partial charge is 0.339 e. The van der Waals surface area contributed by atoms with Gasteiger partial charge < -0.3 is 4.90 Å². The third-order valence-corrected chi connectivity index (χ3v) is 3.86. The number of hydrogen-bond acceptors (Lipinski definition) is 3. The molecule has 2 aromatic rings. The molecule has 0 saturated carbocycles. The van der Waals surface area contributed by atoms with Gasteiger partial charge in [0.15, 0.2) is 0 Å². The summed E-state index contributed by atoms with van der Waals surface area (Å²) >= 11 is 4.92. The van der Waals surface area contributed by atoms with E-state index in [4.69, 9.17) is 0 Å². The highest BCUT2D eigenvalue weighted by atomic mass is 79.9. The van der Waals surface area contributed by atoms with Gasteiger partial charge in [-0.05, 0) is 12.1 Å². The third kappa shape index (κ3) is 3.04. The topological polar surface area (TPSA) is 33.2 Å². The van der Waals surface area contributed by atoms with Crippen molar-refractivity contribution < 1.29 is 4.79 Å². The van der Waals surface area contributed by atoms with E-state index >= 15 is 0 Å². The Bertz CT molecular complexity index is 493. The minimum absolute atomic E-state index is 0.140. The van der Waals surface area contributed by atoms with E-state index in [1.807, 2.05) is 25.2 Å². The minimum Gasteiger partial charge on any atom is -0.339 e. The van der Waals surface area contributed by atoms with Crippen molar-refractivity contribution in [1.82, 2.24) is 9.88 Å². The van der Waals surface area contributed by atoms with Crippen molar-refractivity contribution in [2.45, 2.75) is 13.0 Å². The molecule has 0 spiro atoms. The molecule has 5 heteroatoms. The summed E-state index contributed by atoms with van der Waals surface area (Å²) < 4.78 is 1.17. The number of benzene rings is 1. The second-order valence-electron chi connectivity index (χ2n) is 3.76. The number of rotatable bonds is 4. The number of thiazole rings is 1. The molecule has 0 radical (unpaired) electrons. The number of alkyl halides is 1. The number of amides is 1. The molecule has 0 unspecified atom stereocenters. The summed E-state index contributed by atoms with van der Waals surface area (Å²) in [6.07, 6.45) is 0.529. The Balaban J connectivity index is 2.10. The Kier molecular flexibility index (Phi) is 4.12. The first-order valence-corrected chi connectivity index (χ1v) is 7.29. The lowest BCUT2D eigenvalue weighted by atomic mass is 10.3. The highest BCUT2D eigenvalue weighted by molar-refractivity contribution is 9.09. The summed E-state index contributed by atoms with van der Waals surface area (Å²) in [6.45, 7) is 0.588. The van der Waals surface area contributed by atoms with Gasteiger partial charge in [0.2, 0.25) is 5.91 Å². The van der Waals surface area contributed by atoms with Gasteiger partial charge in [0, 0.05) is 18.8 Å². The number of fused-ring (bicyclic) bond motifs is 1. The summed E-state index contributed by atoms with van der Waals surface area (Å²) in [5.41, 5.74) is 1.01. The van der Waals surface area contributed by atoms with Gasteiger partial charge >= 0.3 is 0 Å². The number of para-hydroxylation sites is 1. The van der Waals surface area contributed by atoms with E-state index in [1.165, 1.54) is 4.70 Å². The second kappa shape index (κ2) is 5.60. The monoisotopic (exact) mass is 312 g/mol. The summed E-state index contributed by atoms with van der Waals surface area (Å²) in [5.74, 6) is 0.140. The van der Waals surface area contributed by atoms with Crippen LogP contribution in [0.2, 0.25) is 0 Å². The Hall–Kier alpha value is -0.940. The molecule has 1 amide bonds. The van der Waals surface area contributed by atoms with Crippen LogP contribution in [0.25, 0.3) is 10.2 Å². The van der Waals surface area contributed by atoms with Crippen LogP contribution in [0, 0.1) is 0 Å². The molecule has 17 heavy (non-hydrogen) atoms. The average molecular weight is 313 g/mol. The molecule has 0 bridgehead atoms. The highest BCUT2D eigenvalue weighted by Gasteiger charge is 2.11. The minimum atomic E-state index is 0.140. The van der Waals surface area contributed by atoms with Crippen molar-refractivity contribution in [1.29, 1.82) is 0 Å². The van der Waals surface area contributed by atoms with Gasteiger partial charge in [-0.25, -0.2) is 4.98 Å². The van der Waals surface area contributed by atoms with E-state index in [1.54, 1.807) is 16.2 Å². The highest BCUT2D eigenvalue weighted by Crippen LogP contribution is 2.22. The molecular formula is C12H13BrN2OS. The van der Waals surface area contributed by atoms with Gasteiger partial charge in [0.1, 0.15) is 5.01 Å². The molecule has 1 aromatic heterocycles. The van der Waals surface area contributed by atoms with Crippen molar-refractivity contribution in [3.8, 4) is 0 Å². The quantitative estimate of drug-likeness (QED) is 0.813. The summed E-state index contributed by atoms with van der Waals surface area (Å²) in [4.78, 5) is 17.9. The molecule has 1 aromatic carbocycles. The van der Waals surface area contributed by atoms with Gasteiger partial charge in [-0.3, -0.25) is 4.79 Å². The van der Waals surface area contributed by atoms with Crippen LogP contribution in [0.3, 0.4) is 0 Å². The Labute approximate surface area is 113 Å². The molecule has 0 N–H and O–H groups in total. The predicted octanol–water partition coefficient (Wildman–Crippen LogP) is 3.04. The molecule has 1 heterocycles. The number of carbonyl (C=O) groups excluding carboxylic acids is 1. The fourth-order valence-corrected chi connectivity index (χ4v) is 2.91. The van der Waals surface area contributed by atoms with E-state index in [9.17, 15) is 4.79 Å². The van der Waals surface area contributed by atoms with Gasteiger partial charge in [-0.15, -0.1) is 11.3 Å². The molecule has 0 aliphatic rings. The Morgan fingerprint density at radius 1 is 1.47 bits per heavy atom. The van der Waals surface area contributed by atoms with Crippen LogP contribution in [-0.2, 0) is 11.3 Å². The van der Waals surface area contributed by atoms with Crippen LogP contribution in [0.15, 0.2) is 24.3 Å². The number of aromatic nitrogens is 1. The maximum atomic E-state index is 11.6. The first-order chi connectivity index (χ1) is 8.20. The van der Waals surface area contributed by atoms with Crippen LogP contribution < -0.4 is 0 Å². The van der Waals surface area contributed by atoms with Gasteiger partial charge in [0.25, 0.3) is 0 Å². The number of nitrogens with zero attached hydrogens (tertiary/aromatic N) is 2. The Morgan fingerprint density at radius 3 is 2.94 bits per heavy atom. The molecule has 0 aliphatic heterocycles. The lowest BCUT2D eigenvalue weighted by Crippen LogP contribution is -2.26. The molecule has 3 nitrogen and oxygen atoms in total. The Morgan fingerprint density at radius 2 is 2.24 bits per heavy atom. The molecule has 2 rings (SSSR count). The maximum absolute atomic E-state index is 11.6. The van der Waals surface area contributed by atoms with Crippen LogP contribution in [-0.4, -0.2) is 28.2 Å². The zero-order chi connectivity index (χ0) is 12.3. The first kappa shape index (κ1) is 12.5. The van der Waals surface area contributed by atoms with E-state index in [0.717, 1.165) is 10.5 Å². The van der Waals surface area contributed by atoms with E-state index < -0.39 is 0 Å². The number of carbonyl (C=O) groups is 1. The van der Waals surface area contributed by atoms with Crippen LogP contribution >= 0.6 is 27.3 Å². The van der Waals surface area contributed by atoms with Crippen molar-refractivity contribution in [3.05, 3.63) is 29.3 Å². The molecular weight excluding hydrogens is 300 g/mol. The van der Waals surface area contributed by atoms with Gasteiger partial charge in [-0.1, -0.05) is 28.1 Å². The van der Waals surface area contributed by atoms with Crippen molar-refractivity contribution in [2.24, 2.45) is 0 Å². The smallest absolute Gasteiger partial charge is 0.223 e. The van der Waals surface area contributed by atoms with Gasteiger partial charge in [0.05, 0.1) is 16.8 Å². The fraction of sp³-hybridized carbons (Fsp3) is 0.333. The van der Waals surface area contributed by atoms with Crippen molar-refractivity contribution in [3.63, 3.8) is 0 Å². The van der Waals surface area contributed by atoms with E-state index in [2.05, 4.69) is 27.0 Å². The zero-order valence-corrected chi connectivity index (χ0v) is 11.9. The standard InChI is InChI=1S/C12H13BrN2OS/c1-15(12(16)6-7-13)8-11-14-9-4-2-3-5-10(9)17-11/h2-5H,6-8H2,1H3. The summed E-state index contributed by atoms with van der Waals surface area (Å²) in [6, 6.07) is 8.03. The number of halogens is 1.